The molecule has 1 aliphatic heterocycles. The molecule has 0 aliphatic carbocycles. The number of carboxylic acids is 1. The maximum Gasteiger partial charge on any atom is 0.334 e. The molecule has 1 saturated heterocycles. The topological polar surface area (TPSA) is 150 Å². The standard InChI is InChI=1S/C14H14N4O7/c1-8(19)16-6-7-17(14(16)23)13(22)15-11(12(20)21)9-2-4-10(5-3-9)18(24)25/h2-5,11H,6-7H2,1H3,(H,15,22)(H,20,21). The highest BCUT2D eigenvalue weighted by molar-refractivity contribution is 6.03. The van der Waals surface area contributed by atoms with E-state index < -0.39 is 34.9 Å². The third-order valence-corrected chi connectivity index (χ3v) is 3.59. The van der Waals surface area contributed by atoms with Gasteiger partial charge in [-0.25, -0.2) is 19.3 Å². The first kappa shape index (κ1) is 17.8. The molecule has 11 heteroatoms. The van der Waals surface area contributed by atoms with Gasteiger partial charge in [-0.3, -0.25) is 19.8 Å². The van der Waals surface area contributed by atoms with Crippen LogP contribution in [-0.2, 0) is 9.59 Å². The van der Waals surface area contributed by atoms with Crippen LogP contribution in [0.2, 0.25) is 0 Å². The molecule has 2 rings (SSSR count). The molecule has 0 aromatic heterocycles. The number of benzene rings is 1. The molecule has 0 spiro atoms. The number of nitrogens with zero attached hydrogens (tertiary/aromatic N) is 3. The van der Waals surface area contributed by atoms with E-state index in [0.717, 1.165) is 21.9 Å². The number of carbonyl (C=O) groups excluding carboxylic acids is 3. The van der Waals surface area contributed by atoms with Gasteiger partial charge in [-0.1, -0.05) is 0 Å². The molecule has 2 N–H and O–H groups in total. The number of carboxylic acid groups (broad SMARTS) is 1. The summed E-state index contributed by atoms with van der Waals surface area (Å²) < 4.78 is 0. The average Bonchev–Trinajstić information content (AvgIpc) is 2.94. The van der Waals surface area contributed by atoms with Crippen LogP contribution in [0.4, 0.5) is 15.3 Å². The van der Waals surface area contributed by atoms with Gasteiger partial charge in [0.15, 0.2) is 6.04 Å². The molecule has 1 aromatic rings. The minimum Gasteiger partial charge on any atom is -0.479 e. The second kappa shape index (κ2) is 6.95. The first-order chi connectivity index (χ1) is 11.7. The molecule has 1 atom stereocenters. The Balaban J connectivity index is 2.15. The van der Waals surface area contributed by atoms with E-state index in [0.29, 0.717) is 0 Å². The van der Waals surface area contributed by atoms with Crippen LogP contribution in [0.25, 0.3) is 0 Å². The quantitative estimate of drug-likeness (QED) is 0.599. The monoisotopic (exact) mass is 350 g/mol. The maximum atomic E-state index is 12.2. The van der Waals surface area contributed by atoms with Crippen LogP contribution < -0.4 is 5.32 Å². The van der Waals surface area contributed by atoms with Crippen molar-refractivity contribution in [1.82, 2.24) is 15.1 Å². The van der Waals surface area contributed by atoms with E-state index in [4.69, 9.17) is 0 Å². The van der Waals surface area contributed by atoms with Gasteiger partial charge in [0.2, 0.25) is 5.91 Å². The van der Waals surface area contributed by atoms with Crippen LogP contribution in [0.3, 0.4) is 0 Å². The van der Waals surface area contributed by atoms with Crippen molar-refractivity contribution < 1.29 is 29.2 Å². The molecular formula is C14H14N4O7. The Morgan fingerprint density at radius 1 is 1.20 bits per heavy atom. The fraction of sp³-hybridized carbons (Fsp3) is 0.286. The summed E-state index contributed by atoms with van der Waals surface area (Å²) >= 11 is 0. The Morgan fingerprint density at radius 3 is 2.20 bits per heavy atom. The number of urea groups is 2. The van der Waals surface area contributed by atoms with Crippen LogP contribution in [0.5, 0.6) is 0 Å². The Bertz CT molecular complexity index is 746. The van der Waals surface area contributed by atoms with Gasteiger partial charge in [-0.15, -0.1) is 0 Å². The SMILES string of the molecule is CC(=O)N1CCN(C(=O)NC(C(=O)O)c2ccc([N+](=O)[O-])cc2)C1=O. The summed E-state index contributed by atoms with van der Waals surface area (Å²) in [7, 11) is 0. The van der Waals surface area contributed by atoms with Crippen LogP contribution in [0.1, 0.15) is 18.5 Å². The lowest BCUT2D eigenvalue weighted by Crippen LogP contribution is -2.46. The van der Waals surface area contributed by atoms with Crippen molar-refractivity contribution in [2.24, 2.45) is 0 Å². The maximum absolute atomic E-state index is 12.2. The molecule has 1 aliphatic rings. The van der Waals surface area contributed by atoms with E-state index in [1.54, 1.807) is 0 Å². The van der Waals surface area contributed by atoms with Gasteiger partial charge in [0, 0.05) is 25.6 Å². The number of nitro benzene ring substituents is 1. The number of amides is 5. The number of imide groups is 2. The van der Waals surface area contributed by atoms with E-state index in [1.165, 1.54) is 19.1 Å². The number of hydrogen-bond acceptors (Lipinski definition) is 6. The van der Waals surface area contributed by atoms with Crippen LogP contribution in [0.15, 0.2) is 24.3 Å². The van der Waals surface area contributed by atoms with Gasteiger partial charge >= 0.3 is 18.0 Å². The van der Waals surface area contributed by atoms with E-state index in [9.17, 15) is 34.4 Å². The van der Waals surface area contributed by atoms with Crippen LogP contribution in [-0.4, -0.2) is 56.9 Å². The lowest BCUT2D eigenvalue weighted by atomic mass is 10.1. The number of nitrogens with one attached hydrogen (secondary N) is 1. The molecule has 11 nitrogen and oxygen atoms in total. The van der Waals surface area contributed by atoms with Gasteiger partial charge in [0.05, 0.1) is 11.5 Å². The zero-order valence-corrected chi connectivity index (χ0v) is 13.0. The summed E-state index contributed by atoms with van der Waals surface area (Å²) in [4.78, 5) is 58.4. The second-order valence-corrected chi connectivity index (χ2v) is 5.17. The van der Waals surface area contributed by atoms with Gasteiger partial charge in [0.25, 0.3) is 5.69 Å². The molecule has 1 unspecified atom stereocenters. The summed E-state index contributed by atoms with van der Waals surface area (Å²) in [5, 5.41) is 22.1. The van der Waals surface area contributed by atoms with Crippen LogP contribution in [0, 0.1) is 10.1 Å². The second-order valence-electron chi connectivity index (χ2n) is 5.17. The molecular weight excluding hydrogens is 336 g/mol. The van der Waals surface area contributed by atoms with Crippen molar-refractivity contribution in [2.45, 2.75) is 13.0 Å². The van der Waals surface area contributed by atoms with Crippen molar-refractivity contribution >= 4 is 29.6 Å². The van der Waals surface area contributed by atoms with Gasteiger partial charge in [-0.2, -0.15) is 0 Å². The molecule has 25 heavy (non-hydrogen) atoms. The van der Waals surface area contributed by atoms with Crippen molar-refractivity contribution in [2.75, 3.05) is 13.1 Å². The van der Waals surface area contributed by atoms with Crippen molar-refractivity contribution in [3.63, 3.8) is 0 Å². The summed E-state index contributed by atoms with van der Waals surface area (Å²) in [6.07, 6.45) is 0. The number of nitro groups is 1. The fourth-order valence-corrected chi connectivity index (χ4v) is 2.30. The highest BCUT2D eigenvalue weighted by Gasteiger charge is 2.37. The zero-order chi connectivity index (χ0) is 18.7. The summed E-state index contributed by atoms with van der Waals surface area (Å²) in [5.41, 5.74) is -0.132. The Hall–Kier alpha value is -3.50. The minimum absolute atomic E-state index is 0.0247. The van der Waals surface area contributed by atoms with E-state index in [-0.39, 0.29) is 24.3 Å². The highest BCUT2D eigenvalue weighted by Crippen LogP contribution is 2.19. The fourth-order valence-electron chi connectivity index (χ4n) is 2.30. The molecule has 132 valence electrons. The average molecular weight is 350 g/mol. The minimum atomic E-state index is -1.51. The molecule has 5 amide bonds. The van der Waals surface area contributed by atoms with Crippen molar-refractivity contribution in [3.05, 3.63) is 39.9 Å². The number of rotatable bonds is 4. The third kappa shape index (κ3) is 3.71. The van der Waals surface area contributed by atoms with Gasteiger partial charge in [0.1, 0.15) is 0 Å². The lowest BCUT2D eigenvalue weighted by molar-refractivity contribution is -0.384. The van der Waals surface area contributed by atoms with Crippen molar-refractivity contribution in [3.8, 4) is 0 Å². The molecule has 1 heterocycles. The van der Waals surface area contributed by atoms with Gasteiger partial charge in [-0.05, 0) is 17.7 Å². The predicted octanol–water partition coefficient (Wildman–Crippen LogP) is 0.714. The smallest absolute Gasteiger partial charge is 0.334 e. The van der Waals surface area contributed by atoms with Crippen molar-refractivity contribution in [1.29, 1.82) is 0 Å². The van der Waals surface area contributed by atoms with E-state index in [1.807, 2.05) is 0 Å². The number of non-ortho nitro benzene ring substituents is 1. The third-order valence-electron chi connectivity index (χ3n) is 3.59. The molecule has 0 bridgehead atoms. The highest BCUT2D eigenvalue weighted by atomic mass is 16.6. The summed E-state index contributed by atoms with van der Waals surface area (Å²) in [5.74, 6) is -1.93. The predicted molar refractivity (Wildman–Crippen MR) is 81.5 cm³/mol. The Kier molecular flexibility index (Phi) is 4.96. The van der Waals surface area contributed by atoms with E-state index in [2.05, 4.69) is 5.32 Å². The molecule has 0 radical (unpaired) electrons. The number of hydrogen-bond donors (Lipinski definition) is 2. The number of carbonyl (C=O) groups is 4. The van der Waals surface area contributed by atoms with Gasteiger partial charge < -0.3 is 10.4 Å². The first-order valence-electron chi connectivity index (χ1n) is 7.09. The molecule has 0 saturated carbocycles. The summed E-state index contributed by atoms with van der Waals surface area (Å²) in [6.45, 7) is 1.14. The Labute approximate surface area is 141 Å². The summed E-state index contributed by atoms with van der Waals surface area (Å²) in [6, 6.07) is 1.30. The van der Waals surface area contributed by atoms with Crippen LogP contribution >= 0.6 is 0 Å². The lowest BCUT2D eigenvalue weighted by Gasteiger charge is -2.19. The first-order valence-corrected chi connectivity index (χ1v) is 7.09. The van der Waals surface area contributed by atoms with E-state index >= 15 is 0 Å². The largest absolute Gasteiger partial charge is 0.479 e. The normalized spacial score (nSPS) is 15.0. The Morgan fingerprint density at radius 2 is 1.76 bits per heavy atom. The zero-order valence-electron chi connectivity index (χ0n) is 13.0. The molecule has 1 fully saturated rings. The molecule has 1 aromatic carbocycles. The number of aliphatic carboxylic acids is 1.